The number of carbonyl (C=O) groups is 2. The molecule has 0 radical (unpaired) electrons. The number of aliphatic carboxylic acids is 1. The quantitative estimate of drug-likeness (QED) is 0.774. The largest absolute Gasteiger partial charge is 0.479 e. The Morgan fingerprint density at radius 2 is 1.52 bits per heavy atom. The van der Waals surface area contributed by atoms with E-state index in [0.717, 1.165) is 11.1 Å². The van der Waals surface area contributed by atoms with Crippen molar-refractivity contribution in [1.82, 2.24) is 5.32 Å². The van der Waals surface area contributed by atoms with Crippen LogP contribution in [0.4, 0.5) is 0 Å². The van der Waals surface area contributed by atoms with Crippen LogP contribution in [0.15, 0.2) is 60.7 Å². The lowest BCUT2D eigenvalue weighted by atomic mass is 9.88. The third kappa shape index (κ3) is 4.90. The van der Waals surface area contributed by atoms with Crippen molar-refractivity contribution in [3.8, 4) is 0 Å². The Bertz CT molecular complexity index is 663. The highest BCUT2D eigenvalue weighted by molar-refractivity contribution is 5.87. The fourth-order valence-electron chi connectivity index (χ4n) is 2.78. The SMILES string of the molecule is COCC(C)(NC(=O)CC(c1ccccc1)c1ccccc1)C(=O)O. The summed E-state index contributed by atoms with van der Waals surface area (Å²) in [5.74, 6) is -1.61. The third-order valence-electron chi connectivity index (χ3n) is 4.11. The standard InChI is InChI=1S/C20H23NO4/c1-20(14-25-2,19(23)24)21-18(22)13-17(15-9-5-3-6-10-15)16-11-7-4-8-12-16/h3-12,17H,13-14H2,1-2H3,(H,21,22)(H,23,24). The van der Waals surface area contributed by atoms with Gasteiger partial charge in [-0.05, 0) is 18.1 Å². The van der Waals surface area contributed by atoms with Gasteiger partial charge < -0.3 is 15.2 Å². The summed E-state index contributed by atoms with van der Waals surface area (Å²) in [4.78, 5) is 24.0. The number of carbonyl (C=O) groups excluding carboxylic acids is 1. The van der Waals surface area contributed by atoms with Gasteiger partial charge in [-0.1, -0.05) is 60.7 Å². The molecule has 1 unspecified atom stereocenters. The second-order valence-corrected chi connectivity index (χ2v) is 6.20. The first-order valence-corrected chi connectivity index (χ1v) is 8.09. The minimum Gasteiger partial charge on any atom is -0.479 e. The lowest BCUT2D eigenvalue weighted by Crippen LogP contribution is -2.55. The number of benzene rings is 2. The summed E-state index contributed by atoms with van der Waals surface area (Å²) in [6, 6.07) is 19.4. The van der Waals surface area contributed by atoms with Gasteiger partial charge in [-0.15, -0.1) is 0 Å². The van der Waals surface area contributed by atoms with E-state index in [2.05, 4.69) is 5.32 Å². The van der Waals surface area contributed by atoms with E-state index < -0.39 is 11.5 Å². The average molecular weight is 341 g/mol. The first kappa shape index (κ1) is 18.7. The molecule has 0 fully saturated rings. The van der Waals surface area contributed by atoms with Gasteiger partial charge in [0.15, 0.2) is 5.54 Å². The fraction of sp³-hybridized carbons (Fsp3) is 0.300. The molecule has 0 heterocycles. The first-order chi connectivity index (χ1) is 12.0. The van der Waals surface area contributed by atoms with Crippen LogP contribution in [0.2, 0.25) is 0 Å². The maximum atomic E-state index is 12.6. The van der Waals surface area contributed by atoms with Gasteiger partial charge in [0.1, 0.15) is 0 Å². The molecule has 25 heavy (non-hydrogen) atoms. The van der Waals surface area contributed by atoms with Gasteiger partial charge in [0.25, 0.3) is 0 Å². The number of nitrogens with one attached hydrogen (secondary N) is 1. The lowest BCUT2D eigenvalue weighted by Gasteiger charge is -2.26. The zero-order valence-electron chi connectivity index (χ0n) is 14.4. The van der Waals surface area contributed by atoms with Gasteiger partial charge in [0.05, 0.1) is 6.61 Å². The van der Waals surface area contributed by atoms with Crippen LogP contribution in [0.3, 0.4) is 0 Å². The van der Waals surface area contributed by atoms with Gasteiger partial charge >= 0.3 is 5.97 Å². The molecule has 0 bridgehead atoms. The summed E-state index contributed by atoms with van der Waals surface area (Å²) >= 11 is 0. The van der Waals surface area contributed by atoms with Crippen LogP contribution in [0.1, 0.15) is 30.4 Å². The second-order valence-electron chi connectivity index (χ2n) is 6.20. The molecule has 2 aromatic rings. The third-order valence-corrected chi connectivity index (χ3v) is 4.11. The molecule has 5 nitrogen and oxygen atoms in total. The van der Waals surface area contributed by atoms with E-state index in [0.29, 0.717) is 0 Å². The molecule has 2 N–H and O–H groups in total. The van der Waals surface area contributed by atoms with Crippen LogP contribution in [-0.2, 0) is 14.3 Å². The van der Waals surface area contributed by atoms with Gasteiger partial charge in [-0.25, -0.2) is 4.79 Å². The van der Waals surface area contributed by atoms with E-state index >= 15 is 0 Å². The van der Waals surface area contributed by atoms with Gasteiger partial charge in [-0.3, -0.25) is 4.79 Å². The number of methoxy groups -OCH3 is 1. The Morgan fingerprint density at radius 3 is 1.92 bits per heavy atom. The smallest absolute Gasteiger partial charge is 0.331 e. The van der Waals surface area contributed by atoms with Crippen molar-refractivity contribution in [3.63, 3.8) is 0 Å². The number of carboxylic acid groups (broad SMARTS) is 1. The van der Waals surface area contributed by atoms with Crippen molar-refractivity contribution in [3.05, 3.63) is 71.8 Å². The molecule has 5 heteroatoms. The van der Waals surface area contributed by atoms with Crippen molar-refractivity contribution in [2.24, 2.45) is 0 Å². The first-order valence-electron chi connectivity index (χ1n) is 8.09. The zero-order chi connectivity index (χ0) is 18.3. The molecule has 0 aromatic heterocycles. The molecule has 0 aliphatic carbocycles. The molecule has 2 rings (SSSR count). The molecule has 1 amide bonds. The minimum atomic E-state index is -1.45. The number of carboxylic acids is 1. The molecule has 0 aliphatic heterocycles. The topological polar surface area (TPSA) is 75.6 Å². The number of hydrogen-bond donors (Lipinski definition) is 2. The van der Waals surface area contributed by atoms with Crippen molar-refractivity contribution < 1.29 is 19.4 Å². The molecule has 0 aliphatic rings. The minimum absolute atomic E-state index is 0.102. The molecule has 0 saturated heterocycles. The van der Waals surface area contributed by atoms with Crippen molar-refractivity contribution in [2.45, 2.75) is 24.8 Å². The number of amides is 1. The Morgan fingerprint density at radius 1 is 1.04 bits per heavy atom. The zero-order valence-corrected chi connectivity index (χ0v) is 14.4. The van der Waals surface area contributed by atoms with Crippen molar-refractivity contribution >= 4 is 11.9 Å². The molecule has 132 valence electrons. The normalized spacial score (nSPS) is 13.2. The summed E-state index contributed by atoms with van der Waals surface area (Å²) in [5, 5.41) is 12.0. The molecular formula is C20H23NO4. The van der Waals surface area contributed by atoms with Crippen molar-refractivity contribution in [1.29, 1.82) is 0 Å². The van der Waals surface area contributed by atoms with Crippen LogP contribution < -0.4 is 5.32 Å². The molecule has 0 saturated carbocycles. The van der Waals surface area contributed by atoms with Crippen LogP contribution in [0, 0.1) is 0 Å². The van der Waals surface area contributed by atoms with Crippen LogP contribution in [-0.4, -0.2) is 36.2 Å². The summed E-state index contributed by atoms with van der Waals surface area (Å²) in [6.07, 6.45) is 0.153. The van der Waals surface area contributed by atoms with E-state index in [1.807, 2.05) is 60.7 Å². The van der Waals surface area contributed by atoms with E-state index in [9.17, 15) is 14.7 Å². The number of ether oxygens (including phenoxy) is 1. The fourth-order valence-corrected chi connectivity index (χ4v) is 2.78. The van der Waals surface area contributed by atoms with E-state index in [1.54, 1.807) is 0 Å². The molecular weight excluding hydrogens is 318 g/mol. The number of hydrogen-bond acceptors (Lipinski definition) is 3. The Hall–Kier alpha value is -2.66. The monoisotopic (exact) mass is 341 g/mol. The Kier molecular flexibility index (Phi) is 6.31. The summed E-state index contributed by atoms with van der Waals surface area (Å²) < 4.78 is 4.95. The summed E-state index contributed by atoms with van der Waals surface area (Å²) in [5.41, 5.74) is 0.560. The molecule has 0 spiro atoms. The Labute approximate surface area is 147 Å². The maximum Gasteiger partial charge on any atom is 0.331 e. The van der Waals surface area contributed by atoms with E-state index in [-0.39, 0.29) is 24.9 Å². The van der Waals surface area contributed by atoms with Gasteiger partial charge in [0, 0.05) is 19.4 Å². The average Bonchev–Trinajstić information content (AvgIpc) is 2.61. The highest BCUT2D eigenvalue weighted by Gasteiger charge is 2.35. The van der Waals surface area contributed by atoms with Crippen LogP contribution in [0.25, 0.3) is 0 Å². The highest BCUT2D eigenvalue weighted by atomic mass is 16.5. The van der Waals surface area contributed by atoms with Crippen molar-refractivity contribution in [2.75, 3.05) is 13.7 Å². The lowest BCUT2D eigenvalue weighted by molar-refractivity contribution is -0.149. The van der Waals surface area contributed by atoms with E-state index in [1.165, 1.54) is 14.0 Å². The molecule has 2 aromatic carbocycles. The maximum absolute atomic E-state index is 12.6. The summed E-state index contributed by atoms with van der Waals surface area (Å²) in [6.45, 7) is 1.34. The molecule has 1 atom stereocenters. The predicted molar refractivity (Wildman–Crippen MR) is 95.4 cm³/mol. The highest BCUT2D eigenvalue weighted by Crippen LogP contribution is 2.28. The van der Waals surface area contributed by atoms with E-state index in [4.69, 9.17) is 4.74 Å². The van der Waals surface area contributed by atoms with Crippen LogP contribution in [0.5, 0.6) is 0 Å². The Balaban J connectivity index is 2.22. The summed E-state index contributed by atoms with van der Waals surface area (Å²) in [7, 11) is 1.41. The predicted octanol–water partition coefficient (Wildman–Crippen LogP) is 2.81. The van der Waals surface area contributed by atoms with Crippen LogP contribution >= 0.6 is 0 Å². The van der Waals surface area contributed by atoms with Gasteiger partial charge in [-0.2, -0.15) is 0 Å². The second kappa shape index (κ2) is 8.44. The van der Waals surface area contributed by atoms with Gasteiger partial charge in [0.2, 0.25) is 5.91 Å². The number of rotatable bonds is 8.